The molecule has 3 N–H and O–H groups in total. The lowest BCUT2D eigenvalue weighted by Gasteiger charge is -2.06. The molecule has 0 aliphatic heterocycles. The van der Waals surface area contributed by atoms with Crippen LogP contribution in [0.25, 0.3) is 0 Å². The molecule has 7 heteroatoms. The highest BCUT2D eigenvalue weighted by Gasteiger charge is 2.12. The molecule has 1 aromatic carbocycles. The van der Waals surface area contributed by atoms with E-state index in [2.05, 4.69) is 17.4 Å². The summed E-state index contributed by atoms with van der Waals surface area (Å²) in [5, 5.41) is 2.24. The number of fused-ring (bicyclic) bond motifs is 1. The van der Waals surface area contributed by atoms with Gasteiger partial charge in [-0.15, -0.1) is 11.8 Å². The lowest BCUT2D eigenvalue weighted by atomic mass is 10.1. The SMILES string of the molecule is NC(=O)CNC(=O)COC(=O)CSc1ccc2c(c1)CCC2. The van der Waals surface area contributed by atoms with Crippen molar-refractivity contribution in [3.05, 3.63) is 29.3 Å². The Hall–Kier alpha value is -2.02. The molecule has 0 spiro atoms. The number of rotatable bonds is 7. The van der Waals surface area contributed by atoms with Gasteiger partial charge in [0.1, 0.15) is 0 Å². The van der Waals surface area contributed by atoms with Gasteiger partial charge in [-0.1, -0.05) is 6.07 Å². The molecule has 6 nitrogen and oxygen atoms in total. The van der Waals surface area contributed by atoms with Crippen molar-refractivity contribution in [3.63, 3.8) is 0 Å². The fourth-order valence-corrected chi connectivity index (χ4v) is 2.96. The predicted octanol–water partition coefficient (Wildman–Crippen LogP) is 0.412. The first kappa shape index (κ1) is 16.4. The van der Waals surface area contributed by atoms with Crippen molar-refractivity contribution in [2.45, 2.75) is 24.2 Å². The van der Waals surface area contributed by atoms with Crippen LogP contribution in [0.5, 0.6) is 0 Å². The number of primary amides is 1. The summed E-state index contributed by atoms with van der Waals surface area (Å²) in [5.74, 6) is -1.52. The molecule has 0 unspecified atom stereocenters. The van der Waals surface area contributed by atoms with Crippen LogP contribution in [0.2, 0.25) is 0 Å². The number of hydrogen-bond donors (Lipinski definition) is 2. The van der Waals surface area contributed by atoms with Crippen LogP contribution >= 0.6 is 11.8 Å². The first-order chi connectivity index (χ1) is 10.5. The molecule has 22 heavy (non-hydrogen) atoms. The van der Waals surface area contributed by atoms with Gasteiger partial charge >= 0.3 is 5.97 Å². The van der Waals surface area contributed by atoms with E-state index in [4.69, 9.17) is 10.5 Å². The summed E-state index contributed by atoms with van der Waals surface area (Å²) in [6.07, 6.45) is 3.41. The molecular weight excluding hydrogens is 304 g/mol. The zero-order chi connectivity index (χ0) is 15.9. The second kappa shape index (κ2) is 7.84. The molecule has 2 amide bonds. The number of esters is 1. The molecule has 0 heterocycles. The Morgan fingerprint density at radius 2 is 2.00 bits per heavy atom. The number of thioether (sulfide) groups is 1. The average Bonchev–Trinajstić information content (AvgIpc) is 2.96. The van der Waals surface area contributed by atoms with E-state index in [1.165, 1.54) is 29.3 Å². The molecule has 2 rings (SSSR count). The maximum absolute atomic E-state index is 11.6. The highest BCUT2D eigenvalue weighted by molar-refractivity contribution is 8.00. The smallest absolute Gasteiger partial charge is 0.316 e. The van der Waals surface area contributed by atoms with Gasteiger partial charge in [0, 0.05) is 4.90 Å². The second-order valence-electron chi connectivity index (χ2n) is 4.98. The highest BCUT2D eigenvalue weighted by Crippen LogP contribution is 2.27. The van der Waals surface area contributed by atoms with Crippen LogP contribution < -0.4 is 11.1 Å². The molecule has 0 atom stereocenters. The van der Waals surface area contributed by atoms with Gasteiger partial charge in [0.05, 0.1) is 12.3 Å². The van der Waals surface area contributed by atoms with E-state index in [1.807, 2.05) is 6.07 Å². The predicted molar refractivity (Wildman–Crippen MR) is 82.4 cm³/mol. The number of carbonyl (C=O) groups excluding carboxylic acids is 3. The largest absolute Gasteiger partial charge is 0.455 e. The van der Waals surface area contributed by atoms with Gasteiger partial charge in [-0.05, 0) is 42.5 Å². The van der Waals surface area contributed by atoms with Crippen LogP contribution in [-0.4, -0.2) is 36.7 Å². The van der Waals surface area contributed by atoms with Crippen molar-refractivity contribution in [2.75, 3.05) is 18.9 Å². The van der Waals surface area contributed by atoms with Crippen molar-refractivity contribution in [1.82, 2.24) is 5.32 Å². The Balaban J connectivity index is 1.69. The molecule has 0 radical (unpaired) electrons. The first-order valence-corrected chi connectivity index (χ1v) is 7.98. The van der Waals surface area contributed by atoms with E-state index in [9.17, 15) is 14.4 Å². The van der Waals surface area contributed by atoms with Crippen LogP contribution in [0.1, 0.15) is 17.5 Å². The minimum Gasteiger partial charge on any atom is -0.455 e. The molecule has 0 saturated carbocycles. The van der Waals surface area contributed by atoms with Crippen LogP contribution in [-0.2, 0) is 32.0 Å². The number of benzene rings is 1. The Bertz CT molecular complexity index is 589. The fourth-order valence-electron chi connectivity index (χ4n) is 2.20. The standard InChI is InChI=1S/C15H18N2O4S/c16-13(18)7-17-14(19)8-21-15(20)9-22-12-5-4-10-2-1-3-11(10)6-12/h4-6H,1-3,7-9H2,(H2,16,18)(H,17,19). The summed E-state index contributed by atoms with van der Waals surface area (Å²) >= 11 is 1.38. The van der Waals surface area contributed by atoms with E-state index in [1.54, 1.807) is 0 Å². The molecular formula is C15H18N2O4S. The Kier molecular flexibility index (Phi) is 5.83. The number of nitrogens with one attached hydrogen (secondary N) is 1. The monoisotopic (exact) mass is 322 g/mol. The fraction of sp³-hybridized carbons (Fsp3) is 0.400. The third-order valence-electron chi connectivity index (χ3n) is 3.25. The molecule has 1 aliphatic rings. The summed E-state index contributed by atoms with van der Waals surface area (Å²) in [4.78, 5) is 34.3. The average molecular weight is 322 g/mol. The summed E-state index contributed by atoms with van der Waals surface area (Å²) < 4.78 is 4.83. The summed E-state index contributed by atoms with van der Waals surface area (Å²) in [5.41, 5.74) is 7.62. The lowest BCUT2D eigenvalue weighted by molar-refractivity contribution is -0.146. The van der Waals surface area contributed by atoms with E-state index < -0.39 is 24.4 Å². The molecule has 1 aliphatic carbocycles. The third kappa shape index (κ3) is 5.07. The van der Waals surface area contributed by atoms with Crippen molar-refractivity contribution in [2.24, 2.45) is 5.73 Å². The second-order valence-corrected chi connectivity index (χ2v) is 6.03. The number of carbonyl (C=O) groups is 3. The molecule has 0 saturated heterocycles. The number of nitrogens with two attached hydrogens (primary N) is 1. The van der Waals surface area contributed by atoms with Gasteiger partial charge in [-0.2, -0.15) is 0 Å². The minimum absolute atomic E-state index is 0.141. The van der Waals surface area contributed by atoms with Crippen LogP contribution in [0, 0.1) is 0 Å². The van der Waals surface area contributed by atoms with Gasteiger partial charge in [-0.25, -0.2) is 0 Å². The molecule has 0 aromatic heterocycles. The summed E-state index contributed by atoms with van der Waals surface area (Å²) in [6.45, 7) is -0.670. The van der Waals surface area contributed by atoms with E-state index in [0.717, 1.165) is 17.7 Å². The Labute approximate surface area is 132 Å². The van der Waals surface area contributed by atoms with Crippen molar-refractivity contribution in [1.29, 1.82) is 0 Å². The van der Waals surface area contributed by atoms with Gasteiger partial charge in [-0.3, -0.25) is 14.4 Å². The topological polar surface area (TPSA) is 98.5 Å². The van der Waals surface area contributed by atoms with Gasteiger partial charge < -0.3 is 15.8 Å². The van der Waals surface area contributed by atoms with Gasteiger partial charge in [0.25, 0.3) is 5.91 Å². The molecule has 118 valence electrons. The molecule has 1 aromatic rings. The van der Waals surface area contributed by atoms with Crippen molar-refractivity contribution < 1.29 is 19.1 Å². The number of hydrogen-bond acceptors (Lipinski definition) is 5. The quantitative estimate of drug-likeness (QED) is 0.560. The normalized spacial score (nSPS) is 12.5. The third-order valence-corrected chi connectivity index (χ3v) is 4.22. The zero-order valence-corrected chi connectivity index (χ0v) is 12.9. The van der Waals surface area contributed by atoms with Crippen LogP contribution in [0.4, 0.5) is 0 Å². The number of amides is 2. The molecule has 0 fully saturated rings. The minimum atomic E-state index is -0.646. The number of aryl methyl sites for hydroxylation is 2. The zero-order valence-electron chi connectivity index (χ0n) is 12.1. The van der Waals surface area contributed by atoms with Crippen molar-refractivity contribution in [3.8, 4) is 0 Å². The maximum atomic E-state index is 11.6. The highest BCUT2D eigenvalue weighted by atomic mass is 32.2. The van der Waals surface area contributed by atoms with E-state index >= 15 is 0 Å². The summed E-state index contributed by atoms with van der Waals surface area (Å²) in [7, 11) is 0. The van der Waals surface area contributed by atoms with Gasteiger partial charge in [0.15, 0.2) is 6.61 Å². The van der Waals surface area contributed by atoms with Crippen LogP contribution in [0.3, 0.4) is 0 Å². The lowest BCUT2D eigenvalue weighted by Crippen LogP contribution is -2.36. The van der Waals surface area contributed by atoms with E-state index in [0.29, 0.717) is 0 Å². The maximum Gasteiger partial charge on any atom is 0.316 e. The number of ether oxygens (including phenoxy) is 1. The Morgan fingerprint density at radius 1 is 1.23 bits per heavy atom. The van der Waals surface area contributed by atoms with Crippen molar-refractivity contribution >= 4 is 29.5 Å². The molecule has 0 bridgehead atoms. The van der Waals surface area contributed by atoms with Crippen LogP contribution in [0.15, 0.2) is 23.1 Å². The summed E-state index contributed by atoms with van der Waals surface area (Å²) in [6, 6.07) is 6.22. The Morgan fingerprint density at radius 3 is 2.77 bits per heavy atom. The first-order valence-electron chi connectivity index (χ1n) is 7.00. The van der Waals surface area contributed by atoms with E-state index in [-0.39, 0.29) is 12.3 Å². The van der Waals surface area contributed by atoms with Gasteiger partial charge in [0.2, 0.25) is 5.91 Å².